The first-order valence-electron chi connectivity index (χ1n) is 11.5. The highest BCUT2D eigenvalue weighted by molar-refractivity contribution is 6.34. The molecule has 2 aromatic carbocycles. The van der Waals surface area contributed by atoms with E-state index in [9.17, 15) is 14.4 Å². The molecule has 1 spiro atoms. The zero-order chi connectivity index (χ0) is 24.3. The van der Waals surface area contributed by atoms with Crippen LogP contribution in [0, 0.1) is 11.3 Å². The molecule has 1 N–H and O–H groups in total. The zero-order valence-corrected chi connectivity index (χ0v) is 20.2. The van der Waals surface area contributed by atoms with Gasteiger partial charge in [0.1, 0.15) is 17.5 Å². The van der Waals surface area contributed by atoms with Gasteiger partial charge in [-0.25, -0.2) is 0 Å². The number of carbonyl (C=O) groups excluding carboxylic acids is 3. The Morgan fingerprint density at radius 2 is 1.88 bits per heavy atom. The van der Waals surface area contributed by atoms with Crippen LogP contribution < -0.4 is 10.1 Å². The van der Waals surface area contributed by atoms with E-state index in [1.54, 1.807) is 18.2 Å². The van der Waals surface area contributed by atoms with Gasteiger partial charge in [0.15, 0.2) is 0 Å². The van der Waals surface area contributed by atoms with Crippen molar-refractivity contribution in [3.63, 3.8) is 0 Å². The molecule has 0 radical (unpaired) electrons. The van der Waals surface area contributed by atoms with E-state index in [1.807, 2.05) is 60.9 Å². The summed E-state index contributed by atoms with van der Waals surface area (Å²) < 4.78 is 5.89. The summed E-state index contributed by atoms with van der Waals surface area (Å²) in [6, 6.07) is 13.8. The van der Waals surface area contributed by atoms with Gasteiger partial charge < -0.3 is 19.9 Å². The Balaban J connectivity index is 1.33. The Hall–Kier alpha value is -3.06. The molecule has 3 aliphatic rings. The summed E-state index contributed by atoms with van der Waals surface area (Å²) in [5, 5.41) is 3.07. The number of amides is 3. The molecule has 34 heavy (non-hydrogen) atoms. The first-order chi connectivity index (χ1) is 16.2. The van der Waals surface area contributed by atoms with Gasteiger partial charge >= 0.3 is 0 Å². The fourth-order valence-electron chi connectivity index (χ4n) is 5.54. The third kappa shape index (κ3) is 3.54. The van der Waals surface area contributed by atoms with Crippen molar-refractivity contribution in [1.29, 1.82) is 0 Å². The SMILES string of the molecule is CC(C)(C)[C@H](NC=O)C(=O)N1CC2N(C(=O)c3cc(Oc4ccccc4)ccc3Cl)CC3CC321. The number of para-hydroxylation sites is 1. The van der Waals surface area contributed by atoms with Crippen LogP contribution in [0.5, 0.6) is 11.5 Å². The van der Waals surface area contributed by atoms with Crippen LogP contribution in [0.4, 0.5) is 0 Å². The average Bonchev–Trinajstić information content (AvgIpc) is 3.48. The maximum Gasteiger partial charge on any atom is 0.255 e. The Kier molecular flexibility index (Phi) is 5.35. The molecule has 3 amide bonds. The number of ether oxygens (including phenoxy) is 1. The van der Waals surface area contributed by atoms with Crippen LogP contribution in [0.2, 0.25) is 5.02 Å². The van der Waals surface area contributed by atoms with E-state index in [1.165, 1.54) is 0 Å². The summed E-state index contributed by atoms with van der Waals surface area (Å²) in [7, 11) is 0. The normalized spacial score (nSPS) is 25.5. The third-order valence-corrected chi connectivity index (χ3v) is 7.70. The molecule has 0 bridgehead atoms. The minimum Gasteiger partial charge on any atom is -0.457 e. The molecule has 1 saturated carbocycles. The van der Waals surface area contributed by atoms with Crippen LogP contribution in [-0.4, -0.2) is 58.7 Å². The number of hydrogen-bond donors (Lipinski definition) is 1. The van der Waals surface area contributed by atoms with Crippen molar-refractivity contribution in [3.05, 3.63) is 59.1 Å². The van der Waals surface area contributed by atoms with Gasteiger partial charge in [-0.1, -0.05) is 50.6 Å². The topological polar surface area (TPSA) is 79.0 Å². The number of hydrogen-bond acceptors (Lipinski definition) is 4. The van der Waals surface area contributed by atoms with Crippen LogP contribution in [-0.2, 0) is 9.59 Å². The van der Waals surface area contributed by atoms with Crippen molar-refractivity contribution in [2.75, 3.05) is 13.1 Å². The second-order valence-electron chi connectivity index (χ2n) is 10.5. The minimum atomic E-state index is -0.604. The monoisotopic (exact) mass is 481 g/mol. The Morgan fingerprint density at radius 1 is 1.15 bits per heavy atom. The summed E-state index contributed by atoms with van der Waals surface area (Å²) in [5.41, 5.74) is -0.331. The number of halogens is 1. The van der Waals surface area contributed by atoms with E-state index in [0.29, 0.717) is 41.6 Å². The fourth-order valence-corrected chi connectivity index (χ4v) is 5.74. The van der Waals surface area contributed by atoms with Gasteiger partial charge in [-0.05, 0) is 42.2 Å². The predicted octanol–water partition coefficient (Wildman–Crippen LogP) is 3.72. The number of carbonyl (C=O) groups is 3. The van der Waals surface area contributed by atoms with Gasteiger partial charge in [0, 0.05) is 19.0 Å². The van der Waals surface area contributed by atoms with Gasteiger partial charge in [0.05, 0.1) is 22.2 Å². The van der Waals surface area contributed by atoms with E-state index in [-0.39, 0.29) is 29.3 Å². The fraction of sp³-hybridized carbons (Fsp3) is 0.423. The molecular formula is C26H28ClN3O4. The maximum atomic E-state index is 13.5. The summed E-state index contributed by atoms with van der Waals surface area (Å²) in [4.78, 5) is 41.7. The molecule has 2 saturated heterocycles. The van der Waals surface area contributed by atoms with E-state index in [2.05, 4.69) is 5.32 Å². The van der Waals surface area contributed by atoms with Gasteiger partial charge in [0.25, 0.3) is 5.91 Å². The van der Waals surface area contributed by atoms with Crippen LogP contribution in [0.3, 0.4) is 0 Å². The van der Waals surface area contributed by atoms with Crippen molar-refractivity contribution < 1.29 is 19.1 Å². The highest BCUT2D eigenvalue weighted by Gasteiger charge is 2.77. The van der Waals surface area contributed by atoms with Crippen LogP contribution in [0.25, 0.3) is 0 Å². The van der Waals surface area contributed by atoms with Crippen molar-refractivity contribution in [1.82, 2.24) is 15.1 Å². The zero-order valence-electron chi connectivity index (χ0n) is 19.5. The van der Waals surface area contributed by atoms with Gasteiger partial charge in [-0.3, -0.25) is 14.4 Å². The number of nitrogens with one attached hydrogen (secondary N) is 1. The van der Waals surface area contributed by atoms with Crippen molar-refractivity contribution in [3.8, 4) is 11.5 Å². The molecule has 7 nitrogen and oxygen atoms in total. The third-order valence-electron chi connectivity index (χ3n) is 7.37. The van der Waals surface area contributed by atoms with Crippen LogP contribution >= 0.6 is 11.6 Å². The number of piperidine rings is 1. The maximum absolute atomic E-state index is 13.5. The van der Waals surface area contributed by atoms with Crippen LogP contribution in [0.1, 0.15) is 37.6 Å². The van der Waals surface area contributed by atoms with E-state index >= 15 is 0 Å². The first-order valence-corrected chi connectivity index (χ1v) is 11.9. The molecule has 2 aliphatic heterocycles. The molecule has 2 aromatic rings. The molecule has 1 aliphatic carbocycles. The van der Waals surface area contributed by atoms with Gasteiger partial charge in [-0.15, -0.1) is 0 Å². The van der Waals surface area contributed by atoms with Crippen molar-refractivity contribution >= 4 is 29.8 Å². The smallest absolute Gasteiger partial charge is 0.255 e. The van der Waals surface area contributed by atoms with Gasteiger partial charge in [-0.2, -0.15) is 0 Å². The van der Waals surface area contributed by atoms with Crippen LogP contribution in [0.15, 0.2) is 48.5 Å². The molecule has 2 heterocycles. The second kappa shape index (κ2) is 8.01. The minimum absolute atomic E-state index is 0.0411. The largest absolute Gasteiger partial charge is 0.457 e. The molecule has 5 rings (SSSR count). The van der Waals surface area contributed by atoms with E-state index in [0.717, 1.165) is 6.42 Å². The van der Waals surface area contributed by atoms with Crippen molar-refractivity contribution in [2.24, 2.45) is 11.3 Å². The number of benzene rings is 2. The highest BCUT2D eigenvalue weighted by Crippen LogP contribution is 2.63. The number of nitrogens with zero attached hydrogens (tertiary/aromatic N) is 2. The Morgan fingerprint density at radius 3 is 2.56 bits per heavy atom. The lowest BCUT2D eigenvalue weighted by Crippen LogP contribution is -2.71. The lowest BCUT2D eigenvalue weighted by molar-refractivity contribution is -0.150. The van der Waals surface area contributed by atoms with E-state index in [4.69, 9.17) is 16.3 Å². The summed E-state index contributed by atoms with van der Waals surface area (Å²) in [6.07, 6.45) is 1.47. The standard InChI is InChI=1S/C26H28ClN3O4/c1-25(2,3)22(28-15-31)24(33)30-14-21-26(30)12-16(26)13-29(21)23(32)19-11-18(9-10-20(19)27)34-17-7-5-4-6-8-17/h4-11,15-16,21-22H,12-14H2,1-3H3,(H,28,31)/t16?,21?,22-,26?/m1/s1. The lowest BCUT2D eigenvalue weighted by Gasteiger charge is -2.52. The quantitative estimate of drug-likeness (QED) is 0.638. The Labute approximate surface area is 204 Å². The molecular weight excluding hydrogens is 454 g/mol. The Bertz CT molecular complexity index is 1150. The lowest BCUT2D eigenvalue weighted by atomic mass is 9.83. The summed E-state index contributed by atoms with van der Waals surface area (Å²) in [5.74, 6) is 1.24. The average molecular weight is 482 g/mol. The number of rotatable bonds is 6. The molecule has 0 aromatic heterocycles. The molecule has 4 atom stereocenters. The molecule has 3 unspecified atom stereocenters. The second-order valence-corrected chi connectivity index (χ2v) is 10.9. The summed E-state index contributed by atoms with van der Waals surface area (Å²) >= 11 is 6.42. The predicted molar refractivity (Wildman–Crippen MR) is 128 cm³/mol. The summed E-state index contributed by atoms with van der Waals surface area (Å²) in [6.45, 7) is 6.85. The first kappa shape index (κ1) is 22.7. The highest BCUT2D eigenvalue weighted by atomic mass is 35.5. The molecule has 8 heteroatoms. The molecule has 3 fully saturated rings. The molecule has 178 valence electrons. The van der Waals surface area contributed by atoms with E-state index < -0.39 is 11.5 Å². The van der Waals surface area contributed by atoms with Crippen molar-refractivity contribution in [2.45, 2.75) is 44.8 Å². The number of likely N-dealkylation sites (tertiary alicyclic amines) is 2. The van der Waals surface area contributed by atoms with Gasteiger partial charge in [0.2, 0.25) is 12.3 Å².